The lowest BCUT2D eigenvalue weighted by atomic mass is 10.0. The van der Waals surface area contributed by atoms with Crippen molar-refractivity contribution in [3.05, 3.63) is 41.6 Å². The number of imidazole rings is 1. The van der Waals surface area contributed by atoms with E-state index in [2.05, 4.69) is 20.3 Å². The number of aromatic amines is 1. The Morgan fingerprint density at radius 3 is 2.81 bits per heavy atom. The summed E-state index contributed by atoms with van der Waals surface area (Å²) in [5, 5.41) is 3.96. The summed E-state index contributed by atoms with van der Waals surface area (Å²) in [5.74, 6) is 1.05. The number of rotatable bonds is 3. The number of nitrogens with one attached hydrogen (secondary N) is 2. The number of anilines is 1. The highest BCUT2D eigenvalue weighted by molar-refractivity contribution is 6.32. The van der Waals surface area contributed by atoms with Gasteiger partial charge in [-0.1, -0.05) is 11.6 Å². The Labute approximate surface area is 127 Å². The molecule has 110 valence electrons. The quantitative estimate of drug-likeness (QED) is 0.911. The number of piperidine rings is 1. The van der Waals surface area contributed by atoms with E-state index in [-0.39, 0.29) is 11.9 Å². The molecule has 0 saturated carbocycles. The smallest absolute Gasteiger partial charge is 0.289 e. The van der Waals surface area contributed by atoms with Crippen molar-refractivity contribution in [1.82, 2.24) is 19.9 Å². The first kappa shape index (κ1) is 13.9. The van der Waals surface area contributed by atoms with E-state index in [1.165, 1.54) is 0 Å². The second-order valence-corrected chi connectivity index (χ2v) is 5.39. The molecular formula is C14H16ClN5O. The van der Waals surface area contributed by atoms with Gasteiger partial charge in [-0.3, -0.25) is 4.79 Å². The number of H-pyrrole nitrogens is 1. The van der Waals surface area contributed by atoms with Crippen LogP contribution in [0, 0.1) is 0 Å². The molecule has 2 N–H and O–H groups in total. The standard InChI is InChI=1S/C14H16ClN5O/c15-11-2-1-5-16-12(11)19-10-3-8-20(9-4-10)14(21)13-17-6-7-18-13/h1-2,5-7,10H,3-4,8-9H2,(H,16,19)(H,17,18). The number of hydrogen-bond donors (Lipinski definition) is 2. The Morgan fingerprint density at radius 2 is 2.14 bits per heavy atom. The van der Waals surface area contributed by atoms with E-state index in [1.54, 1.807) is 24.7 Å². The first-order valence-electron chi connectivity index (χ1n) is 6.90. The molecule has 6 nitrogen and oxygen atoms in total. The maximum absolute atomic E-state index is 12.2. The zero-order valence-electron chi connectivity index (χ0n) is 11.4. The van der Waals surface area contributed by atoms with Crippen LogP contribution in [0.15, 0.2) is 30.7 Å². The predicted octanol–water partition coefficient (Wildman–Crippen LogP) is 2.17. The van der Waals surface area contributed by atoms with Gasteiger partial charge in [0.15, 0.2) is 5.82 Å². The molecule has 0 aliphatic carbocycles. The number of carbonyl (C=O) groups is 1. The molecular weight excluding hydrogens is 290 g/mol. The van der Waals surface area contributed by atoms with Crippen molar-refractivity contribution in [3.8, 4) is 0 Å². The van der Waals surface area contributed by atoms with Crippen molar-refractivity contribution in [3.63, 3.8) is 0 Å². The molecule has 0 aromatic carbocycles. The van der Waals surface area contributed by atoms with E-state index in [1.807, 2.05) is 11.0 Å². The molecule has 0 bridgehead atoms. The van der Waals surface area contributed by atoms with E-state index < -0.39 is 0 Å². The van der Waals surface area contributed by atoms with E-state index in [0.29, 0.717) is 29.8 Å². The van der Waals surface area contributed by atoms with Crippen LogP contribution in [-0.2, 0) is 0 Å². The van der Waals surface area contributed by atoms with Crippen LogP contribution < -0.4 is 5.32 Å². The van der Waals surface area contributed by atoms with Gasteiger partial charge in [-0.2, -0.15) is 0 Å². The highest BCUT2D eigenvalue weighted by Crippen LogP contribution is 2.22. The van der Waals surface area contributed by atoms with Gasteiger partial charge in [0.25, 0.3) is 5.91 Å². The zero-order valence-corrected chi connectivity index (χ0v) is 12.2. The average molecular weight is 306 g/mol. The Morgan fingerprint density at radius 1 is 1.33 bits per heavy atom. The predicted molar refractivity (Wildman–Crippen MR) is 80.4 cm³/mol. The summed E-state index contributed by atoms with van der Waals surface area (Å²) in [7, 11) is 0. The van der Waals surface area contributed by atoms with Crippen LogP contribution in [0.3, 0.4) is 0 Å². The number of amides is 1. The van der Waals surface area contributed by atoms with Crippen LogP contribution in [0.1, 0.15) is 23.5 Å². The molecule has 21 heavy (non-hydrogen) atoms. The lowest BCUT2D eigenvalue weighted by molar-refractivity contribution is 0.0707. The average Bonchev–Trinajstić information content (AvgIpc) is 3.04. The van der Waals surface area contributed by atoms with E-state index in [9.17, 15) is 4.79 Å². The SMILES string of the molecule is O=C(c1ncc[nH]1)N1CCC(Nc2ncccc2Cl)CC1. The largest absolute Gasteiger partial charge is 0.366 e. The number of hydrogen-bond acceptors (Lipinski definition) is 4. The van der Waals surface area contributed by atoms with Gasteiger partial charge in [-0.25, -0.2) is 9.97 Å². The third-order valence-electron chi connectivity index (χ3n) is 3.58. The second-order valence-electron chi connectivity index (χ2n) is 4.98. The van der Waals surface area contributed by atoms with Crippen LogP contribution in [0.2, 0.25) is 5.02 Å². The number of aromatic nitrogens is 3. The van der Waals surface area contributed by atoms with Crippen LogP contribution in [-0.4, -0.2) is 44.9 Å². The summed E-state index contributed by atoms with van der Waals surface area (Å²) in [6, 6.07) is 3.89. The monoisotopic (exact) mass is 305 g/mol. The first-order chi connectivity index (χ1) is 10.2. The maximum Gasteiger partial charge on any atom is 0.289 e. The molecule has 7 heteroatoms. The van der Waals surface area contributed by atoms with Gasteiger partial charge in [0.1, 0.15) is 5.82 Å². The summed E-state index contributed by atoms with van der Waals surface area (Å²) < 4.78 is 0. The van der Waals surface area contributed by atoms with Gasteiger partial charge < -0.3 is 15.2 Å². The van der Waals surface area contributed by atoms with Gasteiger partial charge in [0, 0.05) is 37.7 Å². The molecule has 3 rings (SSSR count). The molecule has 2 aromatic heterocycles. The number of halogens is 1. The summed E-state index contributed by atoms with van der Waals surface area (Å²) in [5.41, 5.74) is 0. The number of likely N-dealkylation sites (tertiary alicyclic amines) is 1. The van der Waals surface area contributed by atoms with Crippen LogP contribution in [0.4, 0.5) is 5.82 Å². The summed E-state index contributed by atoms with van der Waals surface area (Å²) in [4.78, 5) is 25.1. The fourth-order valence-electron chi connectivity index (χ4n) is 2.44. The van der Waals surface area contributed by atoms with Crippen molar-refractivity contribution in [2.75, 3.05) is 18.4 Å². The molecule has 0 unspecified atom stereocenters. The first-order valence-corrected chi connectivity index (χ1v) is 7.27. The van der Waals surface area contributed by atoms with Crippen molar-refractivity contribution in [2.24, 2.45) is 0 Å². The van der Waals surface area contributed by atoms with E-state index in [4.69, 9.17) is 11.6 Å². The Balaban J connectivity index is 1.56. The van der Waals surface area contributed by atoms with E-state index >= 15 is 0 Å². The number of carbonyl (C=O) groups excluding carboxylic acids is 1. The minimum absolute atomic E-state index is 0.0469. The third kappa shape index (κ3) is 3.16. The van der Waals surface area contributed by atoms with Gasteiger partial charge in [0.05, 0.1) is 5.02 Å². The Hall–Kier alpha value is -2.08. The van der Waals surface area contributed by atoms with Crippen LogP contribution in [0.25, 0.3) is 0 Å². The lowest BCUT2D eigenvalue weighted by Gasteiger charge is -2.32. The summed E-state index contributed by atoms with van der Waals surface area (Å²) >= 11 is 6.09. The molecule has 1 aliphatic rings. The molecule has 1 amide bonds. The molecule has 2 aromatic rings. The van der Waals surface area contributed by atoms with Crippen molar-refractivity contribution in [1.29, 1.82) is 0 Å². The highest BCUT2D eigenvalue weighted by Gasteiger charge is 2.25. The van der Waals surface area contributed by atoms with Crippen molar-refractivity contribution < 1.29 is 4.79 Å². The molecule has 1 saturated heterocycles. The minimum Gasteiger partial charge on any atom is -0.366 e. The molecule has 0 spiro atoms. The Bertz CT molecular complexity index is 608. The molecule has 0 atom stereocenters. The maximum atomic E-state index is 12.2. The molecule has 1 aliphatic heterocycles. The lowest BCUT2D eigenvalue weighted by Crippen LogP contribution is -2.42. The van der Waals surface area contributed by atoms with Gasteiger partial charge in [-0.15, -0.1) is 0 Å². The van der Waals surface area contributed by atoms with Crippen molar-refractivity contribution >= 4 is 23.3 Å². The Kier molecular flexibility index (Phi) is 4.06. The van der Waals surface area contributed by atoms with E-state index in [0.717, 1.165) is 12.8 Å². The summed E-state index contributed by atoms with van der Waals surface area (Å²) in [6.07, 6.45) is 6.68. The number of nitrogens with zero attached hydrogens (tertiary/aromatic N) is 3. The number of pyridine rings is 1. The molecule has 1 fully saturated rings. The van der Waals surface area contributed by atoms with Gasteiger partial charge >= 0.3 is 0 Å². The second kappa shape index (κ2) is 6.13. The van der Waals surface area contributed by atoms with Gasteiger partial charge in [0.2, 0.25) is 0 Å². The van der Waals surface area contributed by atoms with Crippen molar-refractivity contribution in [2.45, 2.75) is 18.9 Å². The normalized spacial score (nSPS) is 16.0. The van der Waals surface area contributed by atoms with Crippen LogP contribution >= 0.6 is 11.6 Å². The van der Waals surface area contributed by atoms with Gasteiger partial charge in [-0.05, 0) is 25.0 Å². The fourth-order valence-corrected chi connectivity index (χ4v) is 2.62. The highest BCUT2D eigenvalue weighted by atomic mass is 35.5. The molecule has 0 radical (unpaired) electrons. The van der Waals surface area contributed by atoms with Crippen LogP contribution in [0.5, 0.6) is 0 Å². The topological polar surface area (TPSA) is 73.9 Å². The third-order valence-corrected chi connectivity index (χ3v) is 3.89. The fraction of sp³-hybridized carbons (Fsp3) is 0.357. The minimum atomic E-state index is -0.0469. The summed E-state index contributed by atoms with van der Waals surface area (Å²) in [6.45, 7) is 1.39. The zero-order chi connectivity index (χ0) is 14.7. The molecule has 3 heterocycles.